The number of alkyl halides is 4. The number of benzene rings is 1. The van der Waals surface area contributed by atoms with E-state index in [0.29, 0.717) is 7.11 Å². The molecular formula is C12H9Cl3F3NO4. The largest absolute Gasteiger partial charge is 0.467 e. The van der Waals surface area contributed by atoms with Crippen LogP contribution in [0.3, 0.4) is 0 Å². The first kappa shape index (κ1) is 19.8. The molecule has 2 atom stereocenters. The van der Waals surface area contributed by atoms with Crippen molar-refractivity contribution >= 4 is 52.4 Å². The topological polar surface area (TPSA) is 75.6 Å². The quantitative estimate of drug-likeness (QED) is 0.608. The van der Waals surface area contributed by atoms with Crippen LogP contribution in [0.1, 0.15) is 0 Å². The van der Waals surface area contributed by atoms with Crippen molar-refractivity contribution in [1.29, 1.82) is 0 Å². The highest BCUT2D eigenvalue weighted by Gasteiger charge is 2.67. The minimum atomic E-state index is -5.55. The number of hydrogen-bond donors (Lipinski definition) is 2. The fourth-order valence-corrected chi connectivity index (χ4v) is 2.22. The molecular weight excluding hydrogens is 385 g/mol. The number of esters is 1. The SMILES string of the molecule is COC(=O)[C@@](O)([C@H](Cl)C(=O)Nc1ccc(Cl)cc1Cl)C(F)(F)F. The number of carbonyl (C=O) groups is 2. The monoisotopic (exact) mass is 393 g/mol. The molecule has 0 heterocycles. The maximum atomic E-state index is 13.0. The summed E-state index contributed by atoms with van der Waals surface area (Å²) in [6.07, 6.45) is -5.55. The zero-order chi connectivity index (χ0) is 18.0. The highest BCUT2D eigenvalue weighted by molar-refractivity contribution is 6.38. The number of carbonyl (C=O) groups excluding carboxylic acids is 2. The number of anilines is 1. The number of ether oxygens (including phenoxy) is 1. The zero-order valence-electron chi connectivity index (χ0n) is 11.2. The Morgan fingerprint density at radius 1 is 1.30 bits per heavy atom. The van der Waals surface area contributed by atoms with E-state index < -0.39 is 29.0 Å². The van der Waals surface area contributed by atoms with Crippen molar-refractivity contribution in [3.63, 3.8) is 0 Å². The van der Waals surface area contributed by atoms with Gasteiger partial charge in [0.2, 0.25) is 5.91 Å². The highest BCUT2D eigenvalue weighted by Crippen LogP contribution is 2.37. The highest BCUT2D eigenvalue weighted by atomic mass is 35.5. The van der Waals surface area contributed by atoms with Crippen LogP contribution in [0.5, 0.6) is 0 Å². The van der Waals surface area contributed by atoms with Gasteiger partial charge in [-0.05, 0) is 18.2 Å². The van der Waals surface area contributed by atoms with E-state index >= 15 is 0 Å². The van der Waals surface area contributed by atoms with Crippen molar-refractivity contribution < 1.29 is 32.6 Å². The van der Waals surface area contributed by atoms with Crippen molar-refractivity contribution in [1.82, 2.24) is 0 Å². The van der Waals surface area contributed by atoms with Gasteiger partial charge in [0.25, 0.3) is 5.60 Å². The number of amides is 1. The summed E-state index contributed by atoms with van der Waals surface area (Å²) < 4.78 is 42.8. The molecule has 0 saturated carbocycles. The van der Waals surface area contributed by atoms with Crippen molar-refractivity contribution in [3.05, 3.63) is 28.2 Å². The molecule has 0 aliphatic heterocycles. The standard InChI is InChI=1S/C12H9Cl3F3NO4/c1-23-10(21)11(22,12(16,17)18)8(15)9(20)19-7-3-2-5(13)4-6(7)14/h2-4,8,22H,1H3,(H,19,20)/t8-,11+/m1/s1. The molecule has 0 radical (unpaired) electrons. The maximum absolute atomic E-state index is 13.0. The van der Waals surface area contributed by atoms with Gasteiger partial charge < -0.3 is 15.2 Å². The zero-order valence-corrected chi connectivity index (χ0v) is 13.5. The summed E-state index contributed by atoms with van der Waals surface area (Å²) in [5.41, 5.74) is -4.34. The number of aliphatic hydroxyl groups is 1. The van der Waals surface area contributed by atoms with Gasteiger partial charge in [-0.2, -0.15) is 13.2 Å². The second-order valence-electron chi connectivity index (χ2n) is 4.23. The molecule has 5 nitrogen and oxygen atoms in total. The van der Waals surface area contributed by atoms with Gasteiger partial charge in [-0.15, -0.1) is 11.6 Å². The van der Waals surface area contributed by atoms with E-state index in [-0.39, 0.29) is 15.7 Å². The van der Waals surface area contributed by atoms with Crippen LogP contribution in [0.2, 0.25) is 10.0 Å². The lowest BCUT2D eigenvalue weighted by Gasteiger charge is -2.30. The van der Waals surface area contributed by atoms with Gasteiger partial charge in [0.15, 0.2) is 5.38 Å². The Balaban J connectivity index is 3.12. The van der Waals surface area contributed by atoms with Crippen LogP contribution in [0.25, 0.3) is 0 Å². The normalized spacial score (nSPS) is 15.5. The van der Waals surface area contributed by atoms with Crippen LogP contribution in [0.4, 0.5) is 18.9 Å². The van der Waals surface area contributed by atoms with Gasteiger partial charge in [0.1, 0.15) is 0 Å². The van der Waals surface area contributed by atoms with Gasteiger partial charge in [0.05, 0.1) is 17.8 Å². The van der Waals surface area contributed by atoms with Crippen molar-refractivity contribution in [2.24, 2.45) is 0 Å². The molecule has 1 aromatic carbocycles. The van der Waals surface area contributed by atoms with E-state index in [2.05, 4.69) is 4.74 Å². The Hall–Kier alpha value is -1.22. The summed E-state index contributed by atoms with van der Waals surface area (Å²) in [6.45, 7) is 0. The lowest BCUT2D eigenvalue weighted by atomic mass is 9.98. The molecule has 128 valence electrons. The molecule has 2 N–H and O–H groups in total. The van der Waals surface area contributed by atoms with Crippen LogP contribution >= 0.6 is 34.8 Å². The van der Waals surface area contributed by atoms with Gasteiger partial charge in [0, 0.05) is 5.02 Å². The molecule has 0 aromatic heterocycles. The summed E-state index contributed by atoms with van der Waals surface area (Å²) in [5.74, 6) is -3.64. The average molecular weight is 395 g/mol. The number of methoxy groups -OCH3 is 1. The van der Waals surface area contributed by atoms with Crippen LogP contribution in [-0.4, -0.2) is 41.2 Å². The molecule has 1 aromatic rings. The predicted molar refractivity (Wildman–Crippen MR) is 77.8 cm³/mol. The second kappa shape index (κ2) is 7.12. The molecule has 0 fully saturated rings. The first-order chi connectivity index (χ1) is 10.4. The number of halogens is 6. The summed E-state index contributed by atoms with van der Waals surface area (Å²) in [4.78, 5) is 23.2. The number of rotatable bonds is 4. The molecule has 23 heavy (non-hydrogen) atoms. The van der Waals surface area contributed by atoms with E-state index in [4.69, 9.17) is 34.8 Å². The molecule has 0 unspecified atom stereocenters. The molecule has 11 heteroatoms. The summed E-state index contributed by atoms with van der Waals surface area (Å²) in [5, 5.41) is 8.98. The minimum Gasteiger partial charge on any atom is -0.467 e. The maximum Gasteiger partial charge on any atom is 0.430 e. The van der Waals surface area contributed by atoms with Gasteiger partial charge in [-0.25, -0.2) is 4.79 Å². The first-order valence-electron chi connectivity index (χ1n) is 5.72. The van der Waals surface area contributed by atoms with E-state index in [0.717, 1.165) is 0 Å². The van der Waals surface area contributed by atoms with Crippen molar-refractivity contribution in [3.8, 4) is 0 Å². The van der Waals surface area contributed by atoms with Crippen molar-refractivity contribution in [2.45, 2.75) is 17.2 Å². The molecule has 0 aliphatic carbocycles. The minimum absolute atomic E-state index is 0.0802. The molecule has 0 bridgehead atoms. The Bertz CT molecular complexity index is 626. The Kier molecular flexibility index (Phi) is 6.14. The van der Waals surface area contributed by atoms with Gasteiger partial charge in [-0.1, -0.05) is 23.2 Å². The summed E-state index contributed by atoms with van der Waals surface area (Å²) >= 11 is 16.8. The van der Waals surface area contributed by atoms with E-state index in [9.17, 15) is 27.9 Å². The van der Waals surface area contributed by atoms with Gasteiger partial charge in [-0.3, -0.25) is 4.79 Å². The van der Waals surface area contributed by atoms with E-state index in [1.165, 1.54) is 18.2 Å². The lowest BCUT2D eigenvalue weighted by Crippen LogP contribution is -2.62. The number of nitrogens with one attached hydrogen (secondary N) is 1. The third-order valence-corrected chi connectivity index (χ3v) is 3.78. The Morgan fingerprint density at radius 3 is 2.30 bits per heavy atom. The Morgan fingerprint density at radius 2 is 1.87 bits per heavy atom. The average Bonchev–Trinajstić information content (AvgIpc) is 2.46. The summed E-state index contributed by atoms with van der Waals surface area (Å²) in [6, 6.07) is 3.73. The Labute approximate surface area is 143 Å². The molecule has 1 amide bonds. The fraction of sp³-hybridized carbons (Fsp3) is 0.333. The smallest absolute Gasteiger partial charge is 0.430 e. The molecule has 0 aliphatic rings. The molecule has 0 spiro atoms. The summed E-state index contributed by atoms with van der Waals surface area (Å²) in [7, 11) is 0.608. The fourth-order valence-electron chi connectivity index (χ4n) is 1.50. The third-order valence-electron chi connectivity index (χ3n) is 2.71. The van der Waals surface area contributed by atoms with Crippen molar-refractivity contribution in [2.75, 3.05) is 12.4 Å². The predicted octanol–water partition coefficient (Wildman–Crippen LogP) is 3.01. The molecule has 0 saturated heterocycles. The van der Waals surface area contributed by atoms with Crippen LogP contribution in [-0.2, 0) is 14.3 Å². The third kappa shape index (κ3) is 4.00. The lowest BCUT2D eigenvalue weighted by molar-refractivity contribution is -0.260. The van der Waals surface area contributed by atoms with Crippen LogP contribution in [0, 0.1) is 0 Å². The van der Waals surface area contributed by atoms with Crippen LogP contribution < -0.4 is 5.32 Å². The van der Waals surface area contributed by atoms with Gasteiger partial charge >= 0.3 is 12.1 Å². The van der Waals surface area contributed by atoms with Crippen LogP contribution in [0.15, 0.2) is 18.2 Å². The van der Waals surface area contributed by atoms with E-state index in [1.807, 2.05) is 5.32 Å². The second-order valence-corrected chi connectivity index (χ2v) is 5.51. The molecule has 1 rings (SSSR count). The van der Waals surface area contributed by atoms with E-state index in [1.54, 1.807) is 0 Å². The first-order valence-corrected chi connectivity index (χ1v) is 6.92. The number of hydrogen-bond acceptors (Lipinski definition) is 4.